The number of hydrogen-bond donors (Lipinski definition) is 2. The van der Waals surface area contributed by atoms with Crippen LogP contribution >= 0.6 is 11.6 Å². The fraction of sp³-hybridized carbons (Fsp3) is 0.444. The van der Waals surface area contributed by atoms with Crippen molar-refractivity contribution in [1.29, 1.82) is 0 Å². The first-order valence-electron chi connectivity index (χ1n) is 4.88. The number of rotatable bonds is 2. The molecular formula is C9H11ClN4O2. The molecule has 2 rings (SSSR count). The third-order valence-corrected chi connectivity index (χ3v) is 2.64. The Kier molecular flexibility index (Phi) is 3.21. The fourth-order valence-electron chi connectivity index (χ4n) is 1.66. The van der Waals surface area contributed by atoms with Crippen molar-refractivity contribution in [3.05, 3.63) is 17.3 Å². The van der Waals surface area contributed by atoms with Crippen molar-refractivity contribution < 1.29 is 9.90 Å². The zero-order valence-electron chi connectivity index (χ0n) is 8.43. The van der Waals surface area contributed by atoms with Crippen molar-refractivity contribution in [2.45, 2.75) is 6.04 Å². The number of carboxylic acids is 1. The highest BCUT2D eigenvalue weighted by molar-refractivity contribution is 6.29. The van der Waals surface area contributed by atoms with Gasteiger partial charge < -0.3 is 15.3 Å². The van der Waals surface area contributed by atoms with Crippen LogP contribution in [0.15, 0.2) is 12.1 Å². The summed E-state index contributed by atoms with van der Waals surface area (Å²) in [5, 5.41) is 20.0. The molecule has 0 aliphatic carbocycles. The van der Waals surface area contributed by atoms with E-state index in [0.29, 0.717) is 24.1 Å². The largest absolute Gasteiger partial charge is 0.480 e. The Morgan fingerprint density at radius 1 is 1.56 bits per heavy atom. The minimum Gasteiger partial charge on any atom is -0.480 e. The van der Waals surface area contributed by atoms with E-state index in [1.165, 1.54) is 0 Å². The van der Waals surface area contributed by atoms with Crippen molar-refractivity contribution in [1.82, 2.24) is 15.5 Å². The van der Waals surface area contributed by atoms with Gasteiger partial charge in [-0.15, -0.1) is 10.2 Å². The number of aliphatic carboxylic acids is 1. The first-order chi connectivity index (χ1) is 7.68. The molecule has 1 aliphatic heterocycles. The number of piperazine rings is 1. The molecule has 1 fully saturated rings. The van der Waals surface area contributed by atoms with Gasteiger partial charge in [-0.2, -0.15) is 0 Å². The Bertz CT molecular complexity index is 384. The lowest BCUT2D eigenvalue weighted by Crippen LogP contribution is -2.55. The summed E-state index contributed by atoms with van der Waals surface area (Å²) in [7, 11) is 0. The van der Waals surface area contributed by atoms with Crippen molar-refractivity contribution >= 4 is 23.4 Å². The lowest BCUT2D eigenvalue weighted by molar-refractivity contribution is -0.138. The zero-order valence-corrected chi connectivity index (χ0v) is 9.18. The van der Waals surface area contributed by atoms with Crippen LogP contribution in [0.25, 0.3) is 0 Å². The van der Waals surface area contributed by atoms with Crippen LogP contribution in [0.2, 0.25) is 5.15 Å². The predicted molar refractivity (Wildman–Crippen MR) is 58.7 cm³/mol. The Labute approximate surface area is 97.2 Å². The van der Waals surface area contributed by atoms with Gasteiger partial charge in [-0.3, -0.25) is 0 Å². The van der Waals surface area contributed by atoms with Crippen LogP contribution in [0.4, 0.5) is 5.82 Å². The van der Waals surface area contributed by atoms with E-state index in [-0.39, 0.29) is 0 Å². The molecule has 0 radical (unpaired) electrons. The Hall–Kier alpha value is -1.40. The topological polar surface area (TPSA) is 78.4 Å². The molecule has 2 N–H and O–H groups in total. The number of nitrogens with zero attached hydrogens (tertiary/aromatic N) is 3. The molecule has 0 bridgehead atoms. The summed E-state index contributed by atoms with van der Waals surface area (Å²) in [5.41, 5.74) is 0. The lowest BCUT2D eigenvalue weighted by Gasteiger charge is -2.33. The van der Waals surface area contributed by atoms with E-state index in [4.69, 9.17) is 16.7 Å². The number of carbonyl (C=O) groups is 1. The zero-order chi connectivity index (χ0) is 11.5. The summed E-state index contributed by atoms with van der Waals surface area (Å²) in [6.07, 6.45) is 0. The first kappa shape index (κ1) is 11.1. The maximum absolute atomic E-state index is 11.0. The number of carboxylic acid groups (broad SMARTS) is 1. The minimum atomic E-state index is -0.871. The van der Waals surface area contributed by atoms with Crippen molar-refractivity contribution in [2.75, 3.05) is 24.5 Å². The summed E-state index contributed by atoms with van der Waals surface area (Å²) in [4.78, 5) is 12.8. The smallest absolute Gasteiger partial charge is 0.327 e. The van der Waals surface area contributed by atoms with Crippen molar-refractivity contribution in [3.63, 3.8) is 0 Å². The minimum absolute atomic E-state index is 0.297. The maximum Gasteiger partial charge on any atom is 0.327 e. The second-order valence-electron chi connectivity index (χ2n) is 3.47. The quantitative estimate of drug-likeness (QED) is 0.760. The van der Waals surface area contributed by atoms with Crippen LogP contribution < -0.4 is 10.2 Å². The highest BCUT2D eigenvalue weighted by Gasteiger charge is 2.29. The van der Waals surface area contributed by atoms with Gasteiger partial charge in [-0.05, 0) is 12.1 Å². The van der Waals surface area contributed by atoms with Crippen LogP contribution in [0.3, 0.4) is 0 Å². The molecule has 0 saturated carbocycles. The molecule has 1 aromatic rings. The average Bonchev–Trinajstić information content (AvgIpc) is 2.30. The average molecular weight is 243 g/mol. The molecule has 0 aromatic carbocycles. The van der Waals surface area contributed by atoms with Crippen molar-refractivity contribution in [3.8, 4) is 0 Å². The Balaban J connectivity index is 2.23. The van der Waals surface area contributed by atoms with Crippen LogP contribution in [-0.4, -0.2) is 46.9 Å². The van der Waals surface area contributed by atoms with E-state index < -0.39 is 12.0 Å². The maximum atomic E-state index is 11.0. The van der Waals surface area contributed by atoms with E-state index in [1.54, 1.807) is 17.0 Å². The van der Waals surface area contributed by atoms with Crippen LogP contribution in [0.1, 0.15) is 0 Å². The molecule has 1 atom stereocenters. The number of aromatic nitrogens is 2. The SMILES string of the molecule is O=C(O)[C@H]1CNCCN1c1ccc(Cl)nn1. The molecule has 0 spiro atoms. The molecule has 16 heavy (non-hydrogen) atoms. The third kappa shape index (κ3) is 2.23. The van der Waals surface area contributed by atoms with E-state index in [2.05, 4.69) is 15.5 Å². The summed E-state index contributed by atoms with van der Waals surface area (Å²) in [5.74, 6) is -0.331. The summed E-state index contributed by atoms with van der Waals surface area (Å²) in [6.45, 7) is 1.72. The van der Waals surface area contributed by atoms with Crippen LogP contribution in [0, 0.1) is 0 Å². The highest BCUT2D eigenvalue weighted by Crippen LogP contribution is 2.16. The summed E-state index contributed by atoms with van der Waals surface area (Å²) >= 11 is 5.63. The molecule has 2 heterocycles. The molecule has 1 saturated heterocycles. The molecule has 6 nitrogen and oxygen atoms in total. The number of hydrogen-bond acceptors (Lipinski definition) is 5. The second-order valence-corrected chi connectivity index (χ2v) is 3.85. The van der Waals surface area contributed by atoms with Gasteiger partial charge in [0, 0.05) is 19.6 Å². The molecular weight excluding hydrogens is 232 g/mol. The first-order valence-corrected chi connectivity index (χ1v) is 5.25. The second kappa shape index (κ2) is 4.63. The Morgan fingerprint density at radius 2 is 2.38 bits per heavy atom. The normalized spacial score (nSPS) is 20.8. The van der Waals surface area contributed by atoms with Gasteiger partial charge in [-0.1, -0.05) is 11.6 Å². The molecule has 0 amide bonds. The van der Waals surface area contributed by atoms with E-state index >= 15 is 0 Å². The van der Waals surface area contributed by atoms with E-state index in [9.17, 15) is 4.79 Å². The van der Waals surface area contributed by atoms with Gasteiger partial charge in [0.05, 0.1) is 0 Å². The number of nitrogens with one attached hydrogen (secondary N) is 1. The molecule has 1 aromatic heterocycles. The standard InChI is InChI=1S/C9H11ClN4O2/c10-7-1-2-8(13-12-7)14-4-3-11-5-6(14)9(15)16/h1-2,6,11H,3-5H2,(H,15,16)/t6-/m1/s1. The fourth-order valence-corrected chi connectivity index (χ4v) is 1.76. The molecule has 86 valence electrons. The van der Waals surface area contributed by atoms with Gasteiger partial charge in [0.15, 0.2) is 11.0 Å². The Morgan fingerprint density at radius 3 is 3.00 bits per heavy atom. The lowest BCUT2D eigenvalue weighted by atomic mass is 10.2. The summed E-state index contributed by atoms with van der Waals surface area (Å²) < 4.78 is 0. The van der Waals surface area contributed by atoms with E-state index in [0.717, 1.165) is 6.54 Å². The number of anilines is 1. The highest BCUT2D eigenvalue weighted by atomic mass is 35.5. The molecule has 1 aliphatic rings. The summed E-state index contributed by atoms with van der Waals surface area (Å²) in [6, 6.07) is 2.67. The van der Waals surface area contributed by atoms with E-state index in [1.807, 2.05) is 0 Å². The molecule has 7 heteroatoms. The third-order valence-electron chi connectivity index (χ3n) is 2.44. The predicted octanol–water partition coefficient (Wildman–Crippen LogP) is -0.00720. The van der Waals surface area contributed by atoms with Gasteiger partial charge in [0.25, 0.3) is 0 Å². The van der Waals surface area contributed by atoms with Gasteiger partial charge in [0.1, 0.15) is 6.04 Å². The van der Waals surface area contributed by atoms with Gasteiger partial charge >= 0.3 is 5.97 Å². The number of halogens is 1. The monoisotopic (exact) mass is 242 g/mol. The van der Waals surface area contributed by atoms with Crippen LogP contribution in [-0.2, 0) is 4.79 Å². The van der Waals surface area contributed by atoms with Gasteiger partial charge in [0.2, 0.25) is 0 Å². The van der Waals surface area contributed by atoms with Gasteiger partial charge in [-0.25, -0.2) is 4.79 Å². The molecule has 0 unspecified atom stereocenters. The van der Waals surface area contributed by atoms with Crippen LogP contribution in [0.5, 0.6) is 0 Å². The van der Waals surface area contributed by atoms with Crippen molar-refractivity contribution in [2.24, 2.45) is 0 Å².